The molecular formula is C29H34N4O5. The van der Waals surface area contributed by atoms with Crippen molar-refractivity contribution in [3.05, 3.63) is 88.7 Å². The Morgan fingerprint density at radius 2 is 1.61 bits per heavy atom. The molecule has 3 rings (SSSR count). The highest BCUT2D eigenvalue weighted by Crippen LogP contribution is 2.30. The van der Waals surface area contributed by atoms with Gasteiger partial charge >= 0.3 is 5.97 Å². The molecule has 0 aliphatic heterocycles. The molecule has 0 unspecified atom stereocenters. The number of aryl methyl sites for hydroxylation is 2. The third-order valence-electron chi connectivity index (χ3n) is 5.94. The van der Waals surface area contributed by atoms with E-state index in [1.807, 2.05) is 50.2 Å². The second kappa shape index (κ2) is 12.8. The lowest BCUT2D eigenvalue weighted by molar-refractivity contribution is -0.134. The van der Waals surface area contributed by atoms with Gasteiger partial charge in [-0.2, -0.15) is 0 Å². The monoisotopic (exact) mass is 518 g/mol. The number of hydrazine groups is 1. The van der Waals surface area contributed by atoms with E-state index in [1.165, 1.54) is 19.4 Å². The molecule has 2 aromatic carbocycles. The first-order valence-electron chi connectivity index (χ1n) is 12.4. The molecule has 3 aromatic rings. The van der Waals surface area contributed by atoms with Gasteiger partial charge in [-0.05, 0) is 31.9 Å². The van der Waals surface area contributed by atoms with Crippen LogP contribution in [0.25, 0.3) is 0 Å². The zero-order chi connectivity index (χ0) is 27.8. The van der Waals surface area contributed by atoms with E-state index in [2.05, 4.69) is 27.9 Å². The van der Waals surface area contributed by atoms with E-state index in [1.54, 1.807) is 25.9 Å². The Morgan fingerprint density at radius 3 is 2.13 bits per heavy atom. The number of ether oxygens (including phenoxy) is 2. The molecule has 0 saturated carbocycles. The summed E-state index contributed by atoms with van der Waals surface area (Å²) in [6, 6.07) is 16.5. The number of hydrogen-bond donors (Lipinski definition) is 2. The molecule has 9 heteroatoms. The summed E-state index contributed by atoms with van der Waals surface area (Å²) in [5.41, 5.74) is 6.97. The van der Waals surface area contributed by atoms with Gasteiger partial charge in [0.25, 0.3) is 11.8 Å². The number of benzene rings is 2. The summed E-state index contributed by atoms with van der Waals surface area (Å²) in [5, 5.41) is 4.36. The number of carbonyl (C=O) groups is 3. The predicted octanol–water partition coefficient (Wildman–Crippen LogP) is 3.89. The zero-order valence-corrected chi connectivity index (χ0v) is 22.6. The highest BCUT2D eigenvalue weighted by Gasteiger charge is 2.27. The Labute approximate surface area is 223 Å². The van der Waals surface area contributed by atoms with E-state index >= 15 is 0 Å². The lowest BCUT2D eigenvalue weighted by Gasteiger charge is -2.31. The molecular weight excluding hydrogens is 484 g/mol. The van der Waals surface area contributed by atoms with E-state index < -0.39 is 23.8 Å². The highest BCUT2D eigenvalue weighted by molar-refractivity contribution is 5.99. The third-order valence-corrected chi connectivity index (χ3v) is 5.94. The van der Waals surface area contributed by atoms with Gasteiger partial charge in [-0.1, -0.05) is 66.6 Å². The summed E-state index contributed by atoms with van der Waals surface area (Å²) in [7, 11) is 3.18. The van der Waals surface area contributed by atoms with Crippen LogP contribution < -0.4 is 20.2 Å². The predicted molar refractivity (Wildman–Crippen MR) is 144 cm³/mol. The molecule has 0 radical (unpaired) electrons. The minimum atomic E-state index is -0.927. The van der Waals surface area contributed by atoms with E-state index in [0.29, 0.717) is 0 Å². The Morgan fingerprint density at radius 1 is 1.00 bits per heavy atom. The average molecular weight is 519 g/mol. The molecule has 1 atom stereocenters. The lowest BCUT2D eigenvalue weighted by atomic mass is 9.96. The number of methoxy groups -OCH3 is 1. The molecule has 1 aromatic heterocycles. The summed E-state index contributed by atoms with van der Waals surface area (Å²) in [6.45, 7) is 7.24. The Hall–Kier alpha value is -4.24. The van der Waals surface area contributed by atoms with Gasteiger partial charge in [0.05, 0.1) is 13.2 Å². The second-order valence-corrected chi connectivity index (χ2v) is 9.03. The Kier molecular flexibility index (Phi) is 9.56. The van der Waals surface area contributed by atoms with Crippen LogP contribution in [0.1, 0.15) is 59.1 Å². The number of rotatable bonds is 10. The van der Waals surface area contributed by atoms with Crippen molar-refractivity contribution < 1.29 is 23.9 Å². The van der Waals surface area contributed by atoms with Crippen LogP contribution in [-0.4, -0.2) is 48.0 Å². The first-order chi connectivity index (χ1) is 18.1. The van der Waals surface area contributed by atoms with Crippen LogP contribution in [0.4, 0.5) is 0 Å². The van der Waals surface area contributed by atoms with Gasteiger partial charge in [-0.3, -0.25) is 19.8 Å². The van der Waals surface area contributed by atoms with Gasteiger partial charge < -0.3 is 14.8 Å². The van der Waals surface area contributed by atoms with Crippen LogP contribution in [0.2, 0.25) is 0 Å². The van der Waals surface area contributed by atoms with Crippen molar-refractivity contribution in [1.82, 2.24) is 20.7 Å². The topological polar surface area (TPSA) is 110 Å². The summed E-state index contributed by atoms with van der Waals surface area (Å²) in [4.78, 5) is 42.2. The van der Waals surface area contributed by atoms with Gasteiger partial charge in [0, 0.05) is 25.7 Å². The van der Waals surface area contributed by atoms with Crippen LogP contribution in [0.15, 0.2) is 60.8 Å². The number of carbonyl (C=O) groups excluding carboxylic acids is 3. The van der Waals surface area contributed by atoms with E-state index in [0.717, 1.165) is 22.3 Å². The van der Waals surface area contributed by atoms with Crippen LogP contribution in [0.3, 0.4) is 0 Å². The fourth-order valence-corrected chi connectivity index (χ4v) is 4.02. The van der Waals surface area contributed by atoms with E-state index in [-0.39, 0.29) is 29.7 Å². The van der Waals surface area contributed by atoms with E-state index in [4.69, 9.17) is 9.47 Å². The Bertz CT molecular complexity index is 1260. The second-order valence-electron chi connectivity index (χ2n) is 9.03. The highest BCUT2D eigenvalue weighted by atomic mass is 16.6. The summed E-state index contributed by atoms with van der Waals surface area (Å²) >= 11 is 0. The standard InChI is InChI=1S/C29H34N4O5/c1-7-24(34)38-27-23(37-6)14-15-30-25(27)29(36)31-20(4)28(35)32-33(5)26(21-12-8-10-18(2)16-21)22-13-9-11-19(3)17-22/h8-17,20,26H,7H2,1-6H3,(H,31,36)(H,32,35)/t20-/m0/s1. The minimum absolute atomic E-state index is 0.0944. The first-order valence-corrected chi connectivity index (χ1v) is 12.4. The first kappa shape index (κ1) is 28.3. The van der Waals surface area contributed by atoms with Crippen LogP contribution in [0.5, 0.6) is 11.5 Å². The molecule has 2 N–H and O–H groups in total. The molecule has 0 fully saturated rings. The van der Waals surface area contributed by atoms with Crippen molar-refractivity contribution in [2.75, 3.05) is 14.2 Å². The average Bonchev–Trinajstić information content (AvgIpc) is 2.88. The normalized spacial score (nSPS) is 11.7. The molecule has 0 spiro atoms. The molecule has 0 bridgehead atoms. The van der Waals surface area contributed by atoms with Gasteiger partial charge in [0.2, 0.25) is 5.75 Å². The van der Waals surface area contributed by atoms with Crippen molar-refractivity contribution in [3.8, 4) is 11.5 Å². The molecule has 9 nitrogen and oxygen atoms in total. The number of amides is 2. The largest absolute Gasteiger partial charge is 0.493 e. The molecule has 1 heterocycles. The maximum absolute atomic E-state index is 13.2. The lowest BCUT2D eigenvalue weighted by Crippen LogP contribution is -2.51. The van der Waals surface area contributed by atoms with Crippen molar-refractivity contribution in [2.24, 2.45) is 0 Å². The fraction of sp³-hybridized carbons (Fsp3) is 0.310. The number of nitrogens with one attached hydrogen (secondary N) is 2. The molecule has 200 valence electrons. The summed E-state index contributed by atoms with van der Waals surface area (Å²) in [6.07, 6.45) is 1.47. The smallest absolute Gasteiger partial charge is 0.311 e. The number of esters is 1. The van der Waals surface area contributed by atoms with Crippen molar-refractivity contribution in [3.63, 3.8) is 0 Å². The van der Waals surface area contributed by atoms with Gasteiger partial charge in [0.1, 0.15) is 6.04 Å². The van der Waals surface area contributed by atoms with Crippen molar-refractivity contribution >= 4 is 17.8 Å². The SMILES string of the molecule is CCC(=O)Oc1c(OC)ccnc1C(=O)N[C@@H](C)C(=O)NN(C)C(c1cccc(C)c1)c1cccc(C)c1. The molecule has 0 aliphatic carbocycles. The maximum atomic E-state index is 13.2. The molecule has 2 amide bonds. The van der Waals surface area contributed by atoms with Crippen molar-refractivity contribution in [1.29, 1.82) is 0 Å². The molecule has 38 heavy (non-hydrogen) atoms. The fourth-order valence-electron chi connectivity index (χ4n) is 4.02. The quantitative estimate of drug-likeness (QED) is 0.309. The summed E-state index contributed by atoms with van der Waals surface area (Å²) in [5.74, 6) is -1.56. The number of pyridine rings is 1. The minimum Gasteiger partial charge on any atom is -0.493 e. The summed E-state index contributed by atoms with van der Waals surface area (Å²) < 4.78 is 10.5. The number of nitrogens with zero attached hydrogens (tertiary/aromatic N) is 2. The van der Waals surface area contributed by atoms with Gasteiger partial charge in [0.15, 0.2) is 11.4 Å². The van der Waals surface area contributed by atoms with Crippen LogP contribution >= 0.6 is 0 Å². The van der Waals surface area contributed by atoms with Crippen LogP contribution in [0, 0.1) is 13.8 Å². The number of aromatic nitrogens is 1. The third kappa shape index (κ3) is 6.95. The Balaban J connectivity index is 1.80. The van der Waals surface area contributed by atoms with E-state index in [9.17, 15) is 14.4 Å². The maximum Gasteiger partial charge on any atom is 0.311 e. The van der Waals surface area contributed by atoms with Gasteiger partial charge in [-0.15, -0.1) is 0 Å². The number of hydrogen-bond acceptors (Lipinski definition) is 7. The van der Waals surface area contributed by atoms with Crippen LogP contribution in [-0.2, 0) is 9.59 Å². The van der Waals surface area contributed by atoms with Crippen molar-refractivity contribution in [2.45, 2.75) is 46.2 Å². The molecule has 0 aliphatic rings. The molecule has 0 saturated heterocycles. The van der Waals surface area contributed by atoms with Gasteiger partial charge in [-0.25, -0.2) is 9.99 Å². The zero-order valence-electron chi connectivity index (χ0n) is 22.6.